The zero-order valence-electron chi connectivity index (χ0n) is 30.0. The van der Waals surface area contributed by atoms with Crippen LogP contribution in [0, 0.1) is 0 Å². The second-order valence-corrected chi connectivity index (χ2v) is 13.3. The molecule has 1 unspecified atom stereocenters. The number of carbonyl (C=O) groups excluding carboxylic acids is 3. The van der Waals surface area contributed by atoms with Crippen molar-refractivity contribution in [2.24, 2.45) is 0 Å². The molecule has 3 rings (SSSR count). The quantitative estimate of drug-likeness (QED) is 0.0710. The second kappa shape index (κ2) is 20.7. The summed E-state index contributed by atoms with van der Waals surface area (Å²) in [5.74, 6) is 1.00. The van der Waals surface area contributed by atoms with Crippen molar-refractivity contribution in [1.82, 2.24) is 0 Å². The Morgan fingerprint density at radius 3 is 1.94 bits per heavy atom. The van der Waals surface area contributed by atoms with Crippen molar-refractivity contribution in [3.8, 4) is 23.0 Å². The minimum absolute atomic E-state index is 0.000865. The minimum Gasteiger partial charge on any atom is -0.507 e. The van der Waals surface area contributed by atoms with E-state index in [1.807, 2.05) is 19.9 Å². The Morgan fingerprint density at radius 1 is 0.771 bits per heavy atom. The van der Waals surface area contributed by atoms with Crippen molar-refractivity contribution < 1.29 is 38.4 Å². The summed E-state index contributed by atoms with van der Waals surface area (Å²) in [6, 6.07) is 6.91. The summed E-state index contributed by atoms with van der Waals surface area (Å²) >= 11 is 0. The number of ether oxygens (including phenoxy) is 4. The number of aromatic hydroxyl groups is 1. The van der Waals surface area contributed by atoms with Crippen LogP contribution in [0.3, 0.4) is 0 Å². The number of ketones is 2. The Labute approximate surface area is 287 Å². The van der Waals surface area contributed by atoms with E-state index in [4.69, 9.17) is 18.9 Å². The van der Waals surface area contributed by atoms with Crippen molar-refractivity contribution in [1.29, 1.82) is 0 Å². The third-order valence-corrected chi connectivity index (χ3v) is 8.93. The lowest BCUT2D eigenvalue weighted by molar-refractivity contribution is -0.152. The first kappa shape index (κ1) is 38.9. The summed E-state index contributed by atoms with van der Waals surface area (Å²) in [5.41, 5.74) is 2.35. The normalized spacial score (nSPS) is 13.9. The number of fused-ring (bicyclic) bond motifs is 1. The number of benzene rings is 2. The smallest absolute Gasteiger partial charge is 0.347 e. The van der Waals surface area contributed by atoms with E-state index in [1.54, 1.807) is 18.2 Å². The van der Waals surface area contributed by atoms with Gasteiger partial charge < -0.3 is 24.1 Å². The van der Waals surface area contributed by atoms with Gasteiger partial charge in [-0.2, -0.15) is 0 Å². The molecule has 1 atom stereocenters. The molecule has 2 aromatic rings. The number of hydrogen-bond acceptors (Lipinski definition) is 8. The third kappa shape index (κ3) is 12.2. The predicted molar refractivity (Wildman–Crippen MR) is 189 cm³/mol. The molecular weight excluding hydrogens is 608 g/mol. The maximum atomic E-state index is 12.8. The largest absolute Gasteiger partial charge is 0.507 e. The van der Waals surface area contributed by atoms with Crippen molar-refractivity contribution >= 4 is 17.5 Å². The summed E-state index contributed by atoms with van der Waals surface area (Å²) < 4.78 is 23.6. The molecule has 2 aromatic carbocycles. The first-order valence-corrected chi connectivity index (χ1v) is 18.3. The van der Waals surface area contributed by atoms with E-state index in [-0.39, 0.29) is 29.2 Å². The van der Waals surface area contributed by atoms with Gasteiger partial charge in [0.25, 0.3) is 0 Å². The Morgan fingerprint density at radius 2 is 1.33 bits per heavy atom. The highest BCUT2D eigenvalue weighted by molar-refractivity contribution is 5.98. The van der Waals surface area contributed by atoms with Crippen LogP contribution < -0.4 is 14.2 Å². The summed E-state index contributed by atoms with van der Waals surface area (Å²) in [4.78, 5) is 37.0. The highest BCUT2D eigenvalue weighted by atomic mass is 16.6. The molecular formula is C40H58O8. The average Bonchev–Trinajstić information content (AvgIpc) is 3.05. The molecule has 48 heavy (non-hydrogen) atoms. The molecule has 0 spiro atoms. The standard InChI is InChI=1S/C40H58O8/c1-6-7-8-9-10-11-12-13-14-16-25-47-40(44)35-21-19-31-26-33(30(5)42)37(27-36(31)48-35)46-24-18-15-17-23-45-34-22-20-32(29(4)41)39(43)38(34)28(2)3/h20,22,26-28,35,43H,6-19,21,23-25H2,1-5H3. The van der Waals surface area contributed by atoms with Crippen LogP contribution in [-0.2, 0) is 16.0 Å². The molecule has 1 aliphatic heterocycles. The monoisotopic (exact) mass is 666 g/mol. The van der Waals surface area contributed by atoms with Crippen molar-refractivity contribution in [2.75, 3.05) is 19.8 Å². The van der Waals surface area contributed by atoms with E-state index in [9.17, 15) is 19.5 Å². The minimum atomic E-state index is -0.659. The fraction of sp³-hybridized carbons (Fsp3) is 0.625. The molecule has 0 aliphatic carbocycles. The second-order valence-electron chi connectivity index (χ2n) is 13.3. The topological polar surface area (TPSA) is 108 Å². The van der Waals surface area contributed by atoms with Crippen LogP contribution in [0.25, 0.3) is 0 Å². The van der Waals surface area contributed by atoms with Gasteiger partial charge in [0.2, 0.25) is 0 Å². The van der Waals surface area contributed by atoms with Crippen LogP contribution in [0.2, 0.25) is 0 Å². The molecule has 1 heterocycles. The lowest BCUT2D eigenvalue weighted by atomic mass is 9.96. The Hall–Kier alpha value is -3.55. The van der Waals surface area contributed by atoms with Gasteiger partial charge in [0, 0.05) is 11.6 Å². The number of phenols is 1. The van der Waals surface area contributed by atoms with E-state index in [2.05, 4.69) is 6.92 Å². The molecule has 0 bridgehead atoms. The Balaban J connectivity index is 1.40. The maximum absolute atomic E-state index is 12.8. The first-order valence-electron chi connectivity index (χ1n) is 18.3. The summed E-state index contributed by atoms with van der Waals surface area (Å²) in [6.45, 7) is 10.4. The molecule has 0 fully saturated rings. The molecule has 8 heteroatoms. The van der Waals surface area contributed by atoms with E-state index in [0.29, 0.717) is 66.6 Å². The number of unbranched alkanes of at least 4 members (excludes halogenated alkanes) is 11. The number of esters is 1. The molecule has 0 aromatic heterocycles. The van der Waals surface area contributed by atoms with Gasteiger partial charge in [-0.15, -0.1) is 0 Å². The molecule has 0 radical (unpaired) electrons. The number of rotatable bonds is 23. The lowest BCUT2D eigenvalue weighted by Crippen LogP contribution is -2.33. The molecule has 0 saturated heterocycles. The van der Waals surface area contributed by atoms with Gasteiger partial charge in [0.1, 0.15) is 23.0 Å². The molecule has 0 amide bonds. The fourth-order valence-corrected chi connectivity index (χ4v) is 6.13. The van der Waals surface area contributed by atoms with E-state index in [0.717, 1.165) is 37.7 Å². The third-order valence-electron chi connectivity index (χ3n) is 8.93. The van der Waals surface area contributed by atoms with Crippen molar-refractivity contribution in [3.63, 3.8) is 0 Å². The zero-order valence-corrected chi connectivity index (χ0v) is 30.0. The molecule has 8 nitrogen and oxygen atoms in total. The average molecular weight is 667 g/mol. The van der Waals surface area contributed by atoms with Gasteiger partial charge in [0.15, 0.2) is 17.7 Å². The van der Waals surface area contributed by atoms with Gasteiger partial charge >= 0.3 is 5.97 Å². The highest BCUT2D eigenvalue weighted by Gasteiger charge is 2.29. The van der Waals surface area contributed by atoms with E-state index >= 15 is 0 Å². The van der Waals surface area contributed by atoms with Gasteiger partial charge in [-0.1, -0.05) is 78.6 Å². The van der Waals surface area contributed by atoms with E-state index < -0.39 is 6.10 Å². The van der Waals surface area contributed by atoms with E-state index in [1.165, 1.54) is 65.2 Å². The first-order chi connectivity index (χ1) is 23.1. The van der Waals surface area contributed by atoms with Crippen LogP contribution in [0.15, 0.2) is 24.3 Å². The van der Waals surface area contributed by atoms with Crippen LogP contribution >= 0.6 is 0 Å². The number of aryl methyl sites for hydroxylation is 1. The fourth-order valence-electron chi connectivity index (χ4n) is 6.13. The van der Waals surface area contributed by atoms with Gasteiger partial charge in [-0.3, -0.25) is 9.59 Å². The molecule has 266 valence electrons. The summed E-state index contributed by atoms with van der Waals surface area (Å²) in [6.07, 6.45) is 15.1. The van der Waals surface area contributed by atoms with Crippen LogP contribution in [0.4, 0.5) is 0 Å². The lowest BCUT2D eigenvalue weighted by Gasteiger charge is -2.26. The SMILES string of the molecule is CCCCCCCCCCCCOC(=O)C1CCc2cc(C(C)=O)c(OCCCCCOc3ccc(C(C)=O)c(O)c3C(C)C)cc2O1. The number of Topliss-reactive ketones (excluding diaryl/α,β-unsaturated/α-hetero) is 2. The van der Waals surface area contributed by atoms with Gasteiger partial charge in [-0.25, -0.2) is 4.79 Å². The number of carbonyl (C=O) groups is 3. The van der Waals surface area contributed by atoms with Gasteiger partial charge in [-0.05, 0) is 82.1 Å². The van der Waals surface area contributed by atoms with Crippen LogP contribution in [-0.4, -0.2) is 48.6 Å². The number of hydrogen-bond donors (Lipinski definition) is 1. The zero-order chi connectivity index (χ0) is 34.9. The predicted octanol–water partition coefficient (Wildman–Crippen LogP) is 9.71. The Kier molecular flexibility index (Phi) is 16.8. The highest BCUT2D eigenvalue weighted by Crippen LogP contribution is 2.38. The van der Waals surface area contributed by atoms with Crippen molar-refractivity contribution in [3.05, 3.63) is 46.5 Å². The molecule has 1 aliphatic rings. The van der Waals surface area contributed by atoms with Crippen LogP contribution in [0.1, 0.15) is 162 Å². The van der Waals surface area contributed by atoms with Crippen LogP contribution in [0.5, 0.6) is 23.0 Å². The molecule has 0 saturated carbocycles. The summed E-state index contributed by atoms with van der Waals surface area (Å²) in [5, 5.41) is 10.6. The number of phenolic OH excluding ortho intramolecular Hbond substituents is 1. The maximum Gasteiger partial charge on any atom is 0.347 e. The van der Waals surface area contributed by atoms with Gasteiger partial charge in [0.05, 0.1) is 30.9 Å². The molecule has 1 N–H and O–H groups in total. The summed E-state index contributed by atoms with van der Waals surface area (Å²) in [7, 11) is 0. The van der Waals surface area contributed by atoms with Crippen molar-refractivity contribution in [2.45, 2.75) is 143 Å². The Bertz CT molecular complexity index is 1330.